The lowest BCUT2D eigenvalue weighted by molar-refractivity contribution is 0.757. The molecule has 0 aliphatic heterocycles. The Morgan fingerprint density at radius 3 is 2.10 bits per heavy atom. The number of alkyl halides is 1. The summed E-state index contributed by atoms with van der Waals surface area (Å²) in [4.78, 5) is 0. The molecule has 2 aromatic rings. The van der Waals surface area contributed by atoms with Crippen LogP contribution in [0, 0.1) is 27.7 Å². The predicted octanol–water partition coefficient (Wildman–Crippen LogP) is 5.49. The van der Waals surface area contributed by atoms with Gasteiger partial charge in [-0.1, -0.05) is 47.5 Å². The molecule has 1 heteroatoms. The van der Waals surface area contributed by atoms with Gasteiger partial charge in [0.05, 0.1) is 0 Å². The van der Waals surface area contributed by atoms with E-state index >= 15 is 0 Å². The van der Waals surface area contributed by atoms with E-state index in [2.05, 4.69) is 64.1 Å². The summed E-state index contributed by atoms with van der Waals surface area (Å²) in [6, 6.07) is 13.2. The van der Waals surface area contributed by atoms with E-state index in [1.54, 1.807) is 0 Å². The number of rotatable bonds is 4. The molecule has 0 heterocycles. The summed E-state index contributed by atoms with van der Waals surface area (Å²) in [6.07, 6.45) is 1.02. The molecule has 0 saturated heterocycles. The van der Waals surface area contributed by atoms with Gasteiger partial charge in [-0.05, 0) is 56.4 Å². The third-order valence-corrected chi connectivity index (χ3v) is 4.36. The fourth-order valence-corrected chi connectivity index (χ4v) is 3.25. The van der Waals surface area contributed by atoms with Crippen molar-refractivity contribution in [3.8, 4) is 0 Å². The first-order chi connectivity index (χ1) is 9.51. The number of hydrogen-bond donors (Lipinski definition) is 0. The summed E-state index contributed by atoms with van der Waals surface area (Å²) >= 11 is 6.24. The lowest BCUT2D eigenvalue weighted by atomic mass is 9.88. The Morgan fingerprint density at radius 1 is 0.900 bits per heavy atom. The van der Waals surface area contributed by atoms with E-state index in [9.17, 15) is 0 Å². The maximum Gasteiger partial charge on any atom is 0.0295 e. The summed E-state index contributed by atoms with van der Waals surface area (Å²) in [5.74, 6) is 1.05. The molecule has 0 aliphatic rings. The van der Waals surface area contributed by atoms with E-state index in [4.69, 9.17) is 11.6 Å². The molecule has 0 aliphatic carbocycles. The molecule has 1 atom stereocenters. The molecule has 0 fully saturated rings. The molecule has 0 aromatic heterocycles. The van der Waals surface area contributed by atoms with Gasteiger partial charge in [-0.25, -0.2) is 0 Å². The minimum absolute atomic E-state index is 0.386. The molecule has 0 bridgehead atoms. The van der Waals surface area contributed by atoms with Crippen molar-refractivity contribution >= 4 is 11.6 Å². The normalized spacial score (nSPS) is 12.4. The van der Waals surface area contributed by atoms with Gasteiger partial charge in [0.25, 0.3) is 0 Å². The Kier molecular flexibility index (Phi) is 4.88. The van der Waals surface area contributed by atoms with Crippen LogP contribution in [0.4, 0.5) is 0 Å². The van der Waals surface area contributed by atoms with Crippen molar-refractivity contribution in [1.82, 2.24) is 0 Å². The monoisotopic (exact) mass is 286 g/mol. The predicted molar refractivity (Wildman–Crippen MR) is 89.0 cm³/mol. The van der Waals surface area contributed by atoms with Gasteiger partial charge in [0.2, 0.25) is 0 Å². The van der Waals surface area contributed by atoms with Crippen molar-refractivity contribution in [2.75, 3.05) is 5.88 Å². The highest BCUT2D eigenvalue weighted by Gasteiger charge is 2.14. The minimum Gasteiger partial charge on any atom is -0.126 e. The number of halogens is 1. The smallest absolute Gasteiger partial charge is 0.0295 e. The van der Waals surface area contributed by atoms with Gasteiger partial charge in [-0.3, -0.25) is 0 Å². The zero-order valence-corrected chi connectivity index (χ0v) is 13.6. The Balaban J connectivity index is 2.32. The van der Waals surface area contributed by atoms with Crippen molar-refractivity contribution in [3.05, 3.63) is 69.8 Å². The standard InChI is InChI=1S/C19H23Cl/c1-13-6-5-7-17(10-13)18(12-20)11-19-15(3)8-14(2)9-16(19)4/h5-10,18H,11-12H2,1-4H3. The van der Waals surface area contributed by atoms with Gasteiger partial charge in [-0.2, -0.15) is 0 Å². The first kappa shape index (κ1) is 15.1. The van der Waals surface area contributed by atoms with Crippen LogP contribution in [0.15, 0.2) is 36.4 Å². The Labute approximate surface area is 127 Å². The largest absolute Gasteiger partial charge is 0.126 e. The maximum atomic E-state index is 6.24. The van der Waals surface area contributed by atoms with Crippen LogP contribution in [-0.2, 0) is 6.42 Å². The third kappa shape index (κ3) is 3.43. The van der Waals surface area contributed by atoms with Gasteiger partial charge in [0.1, 0.15) is 0 Å². The summed E-state index contributed by atoms with van der Waals surface area (Å²) in [6.45, 7) is 8.70. The molecular weight excluding hydrogens is 264 g/mol. The highest BCUT2D eigenvalue weighted by Crippen LogP contribution is 2.27. The van der Waals surface area contributed by atoms with Crippen molar-refractivity contribution in [2.45, 2.75) is 40.0 Å². The second-order valence-corrected chi connectivity index (χ2v) is 6.16. The van der Waals surface area contributed by atoms with E-state index in [1.165, 1.54) is 33.4 Å². The van der Waals surface area contributed by atoms with Crippen LogP contribution in [0.5, 0.6) is 0 Å². The minimum atomic E-state index is 0.386. The van der Waals surface area contributed by atoms with Crippen LogP contribution in [-0.4, -0.2) is 5.88 Å². The summed E-state index contributed by atoms with van der Waals surface area (Å²) < 4.78 is 0. The molecule has 106 valence electrons. The van der Waals surface area contributed by atoms with Crippen molar-refractivity contribution in [3.63, 3.8) is 0 Å². The average molecular weight is 287 g/mol. The molecule has 2 rings (SSSR count). The van der Waals surface area contributed by atoms with Gasteiger partial charge < -0.3 is 0 Å². The van der Waals surface area contributed by atoms with E-state index in [1.807, 2.05) is 0 Å². The SMILES string of the molecule is Cc1cccc(C(CCl)Cc2c(C)cc(C)cc2C)c1. The lowest BCUT2D eigenvalue weighted by Gasteiger charge is -2.19. The molecule has 20 heavy (non-hydrogen) atoms. The number of hydrogen-bond acceptors (Lipinski definition) is 0. The third-order valence-electron chi connectivity index (χ3n) is 3.99. The van der Waals surface area contributed by atoms with E-state index < -0.39 is 0 Å². The first-order valence-electron chi connectivity index (χ1n) is 7.20. The fourth-order valence-electron chi connectivity index (χ4n) is 2.96. The topological polar surface area (TPSA) is 0 Å². The van der Waals surface area contributed by atoms with Gasteiger partial charge in [0, 0.05) is 11.8 Å². The second kappa shape index (κ2) is 6.45. The second-order valence-electron chi connectivity index (χ2n) is 5.85. The highest BCUT2D eigenvalue weighted by molar-refractivity contribution is 6.18. The molecule has 0 N–H and O–H groups in total. The Hall–Kier alpha value is -1.27. The highest BCUT2D eigenvalue weighted by atomic mass is 35.5. The lowest BCUT2D eigenvalue weighted by Crippen LogP contribution is -2.08. The molecule has 0 nitrogen and oxygen atoms in total. The van der Waals surface area contributed by atoms with E-state index in [-0.39, 0.29) is 0 Å². The zero-order valence-electron chi connectivity index (χ0n) is 12.8. The van der Waals surface area contributed by atoms with Crippen LogP contribution >= 0.6 is 11.6 Å². The Bertz CT molecular complexity index is 575. The quantitative estimate of drug-likeness (QED) is 0.652. The van der Waals surface area contributed by atoms with Crippen molar-refractivity contribution < 1.29 is 0 Å². The molecule has 0 spiro atoms. The molecule has 0 radical (unpaired) electrons. The molecular formula is C19H23Cl. The summed E-state index contributed by atoms with van der Waals surface area (Å²) in [5.41, 5.74) is 8.19. The van der Waals surface area contributed by atoms with Gasteiger partial charge in [0.15, 0.2) is 0 Å². The van der Waals surface area contributed by atoms with Crippen molar-refractivity contribution in [1.29, 1.82) is 0 Å². The first-order valence-corrected chi connectivity index (χ1v) is 7.74. The average Bonchev–Trinajstić information content (AvgIpc) is 2.38. The molecule has 2 aromatic carbocycles. The number of benzene rings is 2. The summed E-state index contributed by atoms with van der Waals surface area (Å²) in [5, 5.41) is 0. The van der Waals surface area contributed by atoms with Crippen LogP contribution < -0.4 is 0 Å². The number of aryl methyl sites for hydroxylation is 4. The van der Waals surface area contributed by atoms with Crippen molar-refractivity contribution in [2.24, 2.45) is 0 Å². The molecule has 0 saturated carbocycles. The van der Waals surface area contributed by atoms with Crippen LogP contribution in [0.1, 0.15) is 39.3 Å². The Morgan fingerprint density at radius 2 is 1.55 bits per heavy atom. The van der Waals surface area contributed by atoms with Crippen LogP contribution in [0.3, 0.4) is 0 Å². The molecule has 1 unspecified atom stereocenters. The van der Waals surface area contributed by atoms with E-state index in [0.717, 1.165) is 6.42 Å². The summed E-state index contributed by atoms with van der Waals surface area (Å²) in [7, 11) is 0. The van der Waals surface area contributed by atoms with Crippen LogP contribution in [0.2, 0.25) is 0 Å². The molecule has 0 amide bonds. The fraction of sp³-hybridized carbons (Fsp3) is 0.368. The van der Waals surface area contributed by atoms with Crippen LogP contribution in [0.25, 0.3) is 0 Å². The van der Waals surface area contributed by atoms with E-state index in [0.29, 0.717) is 11.8 Å². The zero-order chi connectivity index (χ0) is 14.7. The van der Waals surface area contributed by atoms with Gasteiger partial charge in [-0.15, -0.1) is 11.6 Å². The maximum absolute atomic E-state index is 6.24. The van der Waals surface area contributed by atoms with Gasteiger partial charge >= 0.3 is 0 Å².